The summed E-state index contributed by atoms with van der Waals surface area (Å²) in [6.45, 7) is 1.52. The molecule has 1 aromatic heterocycles. The van der Waals surface area contributed by atoms with E-state index in [1.165, 1.54) is 6.07 Å². The number of aromatic nitrogens is 2. The summed E-state index contributed by atoms with van der Waals surface area (Å²) in [6, 6.07) is 6.74. The molecular formula is C11H10FN3. The molecule has 0 radical (unpaired) electrons. The maximum absolute atomic E-state index is 13.6. The monoisotopic (exact) mass is 203 g/mol. The standard InChI is InChI=1S/C11H10FN3/c12-9-4-2-1-3-7(9)11-8-5-13-6-10(8)14-15-11/h1-4,13H,5-6H2,(H,14,15). The number of benzene rings is 1. The number of rotatable bonds is 1. The van der Waals surface area contributed by atoms with Crippen LogP contribution in [-0.2, 0) is 13.1 Å². The van der Waals surface area contributed by atoms with E-state index in [9.17, 15) is 4.39 Å². The van der Waals surface area contributed by atoms with Crippen LogP contribution in [0, 0.1) is 5.82 Å². The molecule has 15 heavy (non-hydrogen) atoms. The van der Waals surface area contributed by atoms with Crippen LogP contribution < -0.4 is 5.32 Å². The first-order chi connectivity index (χ1) is 7.36. The molecule has 4 heteroatoms. The number of hydrogen-bond acceptors (Lipinski definition) is 2. The molecule has 0 fully saturated rings. The molecule has 0 saturated heterocycles. The van der Waals surface area contributed by atoms with Gasteiger partial charge in [-0.25, -0.2) is 4.39 Å². The van der Waals surface area contributed by atoms with Gasteiger partial charge in [0.05, 0.1) is 11.4 Å². The minimum absolute atomic E-state index is 0.212. The molecule has 2 heterocycles. The smallest absolute Gasteiger partial charge is 0.132 e. The molecule has 0 spiro atoms. The molecule has 2 aromatic rings. The predicted molar refractivity (Wildman–Crippen MR) is 54.5 cm³/mol. The highest BCUT2D eigenvalue weighted by molar-refractivity contribution is 5.65. The van der Waals surface area contributed by atoms with Crippen molar-refractivity contribution in [3.8, 4) is 11.3 Å². The van der Waals surface area contributed by atoms with Crippen molar-refractivity contribution >= 4 is 0 Å². The summed E-state index contributed by atoms with van der Waals surface area (Å²) in [5.74, 6) is -0.212. The molecule has 0 amide bonds. The van der Waals surface area contributed by atoms with Gasteiger partial charge in [-0.2, -0.15) is 5.10 Å². The van der Waals surface area contributed by atoms with Crippen LogP contribution in [-0.4, -0.2) is 10.2 Å². The van der Waals surface area contributed by atoms with E-state index >= 15 is 0 Å². The number of aromatic amines is 1. The second-order valence-electron chi connectivity index (χ2n) is 3.61. The fourth-order valence-corrected chi connectivity index (χ4v) is 1.93. The number of nitrogens with zero attached hydrogens (tertiary/aromatic N) is 1. The molecular weight excluding hydrogens is 193 g/mol. The Hall–Kier alpha value is -1.68. The van der Waals surface area contributed by atoms with Gasteiger partial charge in [0.1, 0.15) is 5.82 Å². The van der Waals surface area contributed by atoms with Crippen molar-refractivity contribution in [2.24, 2.45) is 0 Å². The second kappa shape index (κ2) is 3.17. The van der Waals surface area contributed by atoms with Crippen LogP contribution in [0.25, 0.3) is 11.3 Å². The maximum atomic E-state index is 13.6. The maximum Gasteiger partial charge on any atom is 0.132 e. The summed E-state index contributed by atoms with van der Waals surface area (Å²) in [5, 5.41) is 10.3. The van der Waals surface area contributed by atoms with Gasteiger partial charge in [-0.15, -0.1) is 0 Å². The Kier molecular flexibility index (Phi) is 1.82. The quantitative estimate of drug-likeness (QED) is 0.742. The van der Waals surface area contributed by atoms with Gasteiger partial charge >= 0.3 is 0 Å². The first-order valence-electron chi connectivity index (χ1n) is 4.88. The second-order valence-corrected chi connectivity index (χ2v) is 3.61. The lowest BCUT2D eigenvalue weighted by Gasteiger charge is -2.01. The summed E-state index contributed by atoms with van der Waals surface area (Å²) in [5.41, 5.74) is 3.47. The van der Waals surface area contributed by atoms with Crippen LogP contribution >= 0.6 is 0 Å². The van der Waals surface area contributed by atoms with E-state index < -0.39 is 0 Å². The lowest BCUT2D eigenvalue weighted by molar-refractivity contribution is 0.630. The zero-order valence-electron chi connectivity index (χ0n) is 8.05. The molecule has 2 N–H and O–H groups in total. The van der Waals surface area contributed by atoms with E-state index in [2.05, 4.69) is 15.5 Å². The van der Waals surface area contributed by atoms with Crippen molar-refractivity contribution in [1.29, 1.82) is 0 Å². The Labute approximate surface area is 86.3 Å². The molecule has 1 aliphatic heterocycles. The van der Waals surface area contributed by atoms with E-state index in [0.29, 0.717) is 5.56 Å². The molecule has 3 rings (SSSR count). The topological polar surface area (TPSA) is 40.7 Å². The first kappa shape index (κ1) is 8.61. The third-order valence-electron chi connectivity index (χ3n) is 2.69. The Balaban J connectivity index is 2.17. The average Bonchev–Trinajstić information content (AvgIpc) is 2.80. The normalized spacial score (nSPS) is 14.2. The van der Waals surface area contributed by atoms with Crippen molar-refractivity contribution in [1.82, 2.24) is 15.5 Å². The zero-order chi connectivity index (χ0) is 10.3. The van der Waals surface area contributed by atoms with E-state index in [1.54, 1.807) is 12.1 Å². The third kappa shape index (κ3) is 1.26. The number of nitrogens with one attached hydrogen (secondary N) is 2. The van der Waals surface area contributed by atoms with Crippen LogP contribution in [0.3, 0.4) is 0 Å². The van der Waals surface area contributed by atoms with Gasteiger partial charge in [0.25, 0.3) is 0 Å². The average molecular weight is 203 g/mol. The highest BCUT2D eigenvalue weighted by atomic mass is 19.1. The van der Waals surface area contributed by atoms with Crippen LogP contribution in [0.15, 0.2) is 24.3 Å². The summed E-state index contributed by atoms with van der Waals surface area (Å²) < 4.78 is 13.6. The summed E-state index contributed by atoms with van der Waals surface area (Å²) in [7, 11) is 0. The van der Waals surface area contributed by atoms with Gasteiger partial charge in [-0.3, -0.25) is 5.10 Å². The fraction of sp³-hybridized carbons (Fsp3) is 0.182. The highest BCUT2D eigenvalue weighted by Gasteiger charge is 2.20. The summed E-state index contributed by atoms with van der Waals surface area (Å²) >= 11 is 0. The minimum atomic E-state index is -0.212. The van der Waals surface area contributed by atoms with E-state index in [4.69, 9.17) is 0 Å². The lowest BCUT2D eigenvalue weighted by atomic mass is 10.1. The lowest BCUT2D eigenvalue weighted by Crippen LogP contribution is -2.03. The largest absolute Gasteiger partial charge is 0.307 e. The SMILES string of the molecule is Fc1ccccc1-c1[nH]nc2c1CNC2. The van der Waals surface area contributed by atoms with E-state index in [-0.39, 0.29) is 5.82 Å². The molecule has 0 unspecified atom stereocenters. The van der Waals surface area contributed by atoms with Crippen LogP contribution in [0.2, 0.25) is 0 Å². The minimum Gasteiger partial charge on any atom is -0.307 e. The molecule has 0 aliphatic carbocycles. The molecule has 0 saturated carbocycles. The van der Waals surface area contributed by atoms with E-state index in [0.717, 1.165) is 30.0 Å². The van der Waals surface area contributed by atoms with Crippen LogP contribution in [0.5, 0.6) is 0 Å². The van der Waals surface area contributed by atoms with Gasteiger partial charge in [0.2, 0.25) is 0 Å². The van der Waals surface area contributed by atoms with Gasteiger partial charge in [0.15, 0.2) is 0 Å². The molecule has 0 atom stereocenters. The van der Waals surface area contributed by atoms with Crippen LogP contribution in [0.1, 0.15) is 11.3 Å². The van der Waals surface area contributed by atoms with E-state index in [1.807, 2.05) is 6.07 Å². The predicted octanol–water partition coefficient (Wildman–Crippen LogP) is 1.82. The van der Waals surface area contributed by atoms with Crippen molar-refractivity contribution < 1.29 is 4.39 Å². The highest BCUT2D eigenvalue weighted by Crippen LogP contribution is 2.28. The van der Waals surface area contributed by atoms with Gasteiger partial charge in [-0.05, 0) is 12.1 Å². The molecule has 1 aromatic carbocycles. The molecule has 76 valence electrons. The van der Waals surface area contributed by atoms with Crippen molar-refractivity contribution in [2.45, 2.75) is 13.1 Å². The van der Waals surface area contributed by atoms with Crippen molar-refractivity contribution in [2.75, 3.05) is 0 Å². The number of fused-ring (bicyclic) bond motifs is 1. The molecule has 3 nitrogen and oxygen atoms in total. The third-order valence-corrected chi connectivity index (χ3v) is 2.69. The Morgan fingerprint density at radius 1 is 1.20 bits per heavy atom. The number of halogens is 1. The van der Waals surface area contributed by atoms with Gasteiger partial charge in [0, 0.05) is 24.2 Å². The fourth-order valence-electron chi connectivity index (χ4n) is 1.93. The Bertz CT molecular complexity index is 504. The summed E-state index contributed by atoms with van der Waals surface area (Å²) in [4.78, 5) is 0. The van der Waals surface area contributed by atoms with Crippen molar-refractivity contribution in [3.63, 3.8) is 0 Å². The number of H-pyrrole nitrogens is 1. The van der Waals surface area contributed by atoms with Crippen molar-refractivity contribution in [3.05, 3.63) is 41.3 Å². The first-order valence-corrected chi connectivity index (χ1v) is 4.88. The van der Waals surface area contributed by atoms with Gasteiger partial charge < -0.3 is 5.32 Å². The Morgan fingerprint density at radius 3 is 2.93 bits per heavy atom. The molecule has 0 bridgehead atoms. The zero-order valence-corrected chi connectivity index (χ0v) is 8.05. The summed E-state index contributed by atoms with van der Waals surface area (Å²) in [6.07, 6.45) is 0. The molecule has 1 aliphatic rings. The Morgan fingerprint density at radius 2 is 2.07 bits per heavy atom. The van der Waals surface area contributed by atoms with Crippen LogP contribution in [0.4, 0.5) is 4.39 Å². The number of hydrogen-bond donors (Lipinski definition) is 2. The van der Waals surface area contributed by atoms with Gasteiger partial charge in [-0.1, -0.05) is 12.1 Å².